The average molecular weight is 248 g/mol. The Morgan fingerprint density at radius 3 is 2.94 bits per heavy atom. The molecule has 18 heavy (non-hydrogen) atoms. The van der Waals surface area contributed by atoms with Gasteiger partial charge in [0, 0.05) is 19.6 Å². The first-order valence-corrected chi connectivity index (χ1v) is 6.47. The van der Waals surface area contributed by atoms with Crippen LogP contribution in [0.3, 0.4) is 0 Å². The molecule has 2 rings (SSSR count). The third-order valence-corrected chi connectivity index (χ3v) is 3.10. The van der Waals surface area contributed by atoms with Crippen molar-refractivity contribution < 1.29 is 9.53 Å². The largest absolute Gasteiger partial charge is 0.494 e. The maximum atomic E-state index is 11.8. The van der Waals surface area contributed by atoms with E-state index >= 15 is 0 Å². The second kappa shape index (κ2) is 6.40. The van der Waals surface area contributed by atoms with Gasteiger partial charge in [-0.2, -0.15) is 0 Å². The van der Waals surface area contributed by atoms with E-state index in [9.17, 15) is 4.79 Å². The molecule has 1 aromatic carbocycles. The number of hydrogen-bond acceptors (Lipinski definition) is 3. The normalized spacial score (nSPS) is 19.9. The Bertz CT molecular complexity index is 381. The summed E-state index contributed by atoms with van der Waals surface area (Å²) in [6, 6.07) is 9.71. The molecule has 0 bridgehead atoms. The van der Waals surface area contributed by atoms with Crippen LogP contribution < -0.4 is 10.1 Å². The molecule has 1 aromatic rings. The van der Waals surface area contributed by atoms with Crippen LogP contribution in [0, 0.1) is 0 Å². The minimum absolute atomic E-state index is 0.0474. The first-order chi connectivity index (χ1) is 8.77. The van der Waals surface area contributed by atoms with E-state index in [-0.39, 0.29) is 11.9 Å². The van der Waals surface area contributed by atoms with Crippen molar-refractivity contribution in [3.8, 4) is 5.75 Å². The van der Waals surface area contributed by atoms with Crippen molar-refractivity contribution in [1.82, 2.24) is 10.2 Å². The van der Waals surface area contributed by atoms with Crippen LogP contribution in [0.2, 0.25) is 0 Å². The van der Waals surface area contributed by atoms with Gasteiger partial charge in [-0.15, -0.1) is 0 Å². The first-order valence-electron chi connectivity index (χ1n) is 6.47. The lowest BCUT2D eigenvalue weighted by Gasteiger charge is -2.31. The summed E-state index contributed by atoms with van der Waals surface area (Å²) in [6.45, 7) is 5.02. The van der Waals surface area contributed by atoms with Crippen molar-refractivity contribution in [2.75, 3.05) is 26.2 Å². The van der Waals surface area contributed by atoms with Crippen LogP contribution in [-0.2, 0) is 4.79 Å². The molecular weight excluding hydrogens is 228 g/mol. The van der Waals surface area contributed by atoms with Crippen LogP contribution in [0.15, 0.2) is 30.3 Å². The number of para-hydroxylation sites is 1. The Kier molecular flexibility index (Phi) is 4.59. The molecule has 0 aliphatic carbocycles. The number of hydrogen-bond donors (Lipinski definition) is 1. The van der Waals surface area contributed by atoms with Crippen molar-refractivity contribution in [2.45, 2.75) is 19.4 Å². The SMILES string of the molecule is CC1NCCN(CCCOc2ccccc2)C1=O. The Balaban J connectivity index is 1.68. The van der Waals surface area contributed by atoms with Gasteiger partial charge < -0.3 is 15.0 Å². The van der Waals surface area contributed by atoms with Crippen LogP contribution in [0.4, 0.5) is 0 Å². The van der Waals surface area contributed by atoms with E-state index in [1.54, 1.807) is 0 Å². The molecule has 1 fully saturated rings. The zero-order valence-electron chi connectivity index (χ0n) is 10.8. The number of ether oxygens (including phenoxy) is 1. The Morgan fingerprint density at radius 1 is 1.39 bits per heavy atom. The minimum Gasteiger partial charge on any atom is -0.494 e. The van der Waals surface area contributed by atoms with Gasteiger partial charge in [-0.3, -0.25) is 4.79 Å². The molecule has 4 nitrogen and oxygen atoms in total. The average Bonchev–Trinajstić information content (AvgIpc) is 2.40. The fourth-order valence-electron chi connectivity index (χ4n) is 2.07. The van der Waals surface area contributed by atoms with Gasteiger partial charge in [0.2, 0.25) is 5.91 Å². The van der Waals surface area contributed by atoms with Crippen LogP contribution in [-0.4, -0.2) is 43.1 Å². The fraction of sp³-hybridized carbons (Fsp3) is 0.500. The smallest absolute Gasteiger partial charge is 0.239 e. The fourth-order valence-corrected chi connectivity index (χ4v) is 2.07. The zero-order chi connectivity index (χ0) is 12.8. The summed E-state index contributed by atoms with van der Waals surface area (Å²) in [7, 11) is 0. The molecule has 0 spiro atoms. The molecule has 1 N–H and O–H groups in total. The Labute approximate surface area is 108 Å². The molecular formula is C14H20N2O2. The highest BCUT2D eigenvalue weighted by Crippen LogP contribution is 2.09. The van der Waals surface area contributed by atoms with Crippen molar-refractivity contribution >= 4 is 5.91 Å². The number of benzene rings is 1. The van der Waals surface area contributed by atoms with Crippen LogP contribution >= 0.6 is 0 Å². The maximum absolute atomic E-state index is 11.8. The van der Waals surface area contributed by atoms with Gasteiger partial charge >= 0.3 is 0 Å². The van der Waals surface area contributed by atoms with Crippen molar-refractivity contribution in [2.24, 2.45) is 0 Å². The standard InChI is InChI=1S/C14H20N2O2/c1-12-14(17)16(10-8-15-12)9-5-11-18-13-6-3-2-4-7-13/h2-4,6-7,12,15H,5,8-11H2,1H3. The third-order valence-electron chi connectivity index (χ3n) is 3.10. The summed E-state index contributed by atoms with van der Waals surface area (Å²) >= 11 is 0. The molecule has 98 valence electrons. The Hall–Kier alpha value is -1.55. The number of rotatable bonds is 5. The molecule has 1 atom stereocenters. The maximum Gasteiger partial charge on any atom is 0.239 e. The molecule has 1 unspecified atom stereocenters. The molecule has 1 aliphatic rings. The van der Waals surface area contributed by atoms with E-state index < -0.39 is 0 Å². The highest BCUT2D eigenvalue weighted by atomic mass is 16.5. The molecule has 0 saturated carbocycles. The number of carbonyl (C=O) groups excluding carboxylic acids is 1. The number of nitrogens with zero attached hydrogens (tertiary/aromatic N) is 1. The lowest BCUT2D eigenvalue weighted by Crippen LogP contribution is -2.53. The van der Waals surface area contributed by atoms with E-state index in [4.69, 9.17) is 4.74 Å². The van der Waals surface area contributed by atoms with E-state index in [0.717, 1.165) is 31.8 Å². The topological polar surface area (TPSA) is 41.6 Å². The monoisotopic (exact) mass is 248 g/mol. The molecule has 4 heteroatoms. The van der Waals surface area contributed by atoms with Crippen molar-refractivity contribution in [3.05, 3.63) is 30.3 Å². The van der Waals surface area contributed by atoms with Gasteiger partial charge in [0.25, 0.3) is 0 Å². The van der Waals surface area contributed by atoms with Gasteiger partial charge in [-0.1, -0.05) is 18.2 Å². The summed E-state index contributed by atoms with van der Waals surface area (Å²) in [5, 5.41) is 3.16. The lowest BCUT2D eigenvalue weighted by molar-refractivity contribution is -0.135. The predicted octanol–water partition coefficient (Wildman–Crippen LogP) is 1.28. The predicted molar refractivity (Wildman–Crippen MR) is 70.6 cm³/mol. The summed E-state index contributed by atoms with van der Waals surface area (Å²) in [6.07, 6.45) is 0.868. The number of nitrogens with one attached hydrogen (secondary N) is 1. The van der Waals surface area contributed by atoms with Gasteiger partial charge in [0.15, 0.2) is 0 Å². The molecule has 1 amide bonds. The zero-order valence-corrected chi connectivity index (χ0v) is 10.8. The van der Waals surface area contributed by atoms with Crippen molar-refractivity contribution in [1.29, 1.82) is 0 Å². The minimum atomic E-state index is -0.0474. The second-order valence-corrected chi connectivity index (χ2v) is 4.52. The third kappa shape index (κ3) is 3.47. The van der Waals surface area contributed by atoms with Crippen molar-refractivity contribution in [3.63, 3.8) is 0 Å². The highest BCUT2D eigenvalue weighted by Gasteiger charge is 2.23. The van der Waals surface area contributed by atoms with E-state index in [1.807, 2.05) is 42.2 Å². The first kappa shape index (κ1) is 12.9. The summed E-state index contributed by atoms with van der Waals surface area (Å²) in [5.41, 5.74) is 0. The number of amides is 1. The molecule has 0 radical (unpaired) electrons. The van der Waals surface area contributed by atoms with Gasteiger partial charge in [0.05, 0.1) is 12.6 Å². The molecule has 1 heterocycles. The second-order valence-electron chi connectivity index (χ2n) is 4.52. The van der Waals surface area contributed by atoms with E-state index in [1.165, 1.54) is 0 Å². The van der Waals surface area contributed by atoms with Crippen LogP contribution in [0.5, 0.6) is 5.75 Å². The highest BCUT2D eigenvalue weighted by molar-refractivity contribution is 5.82. The summed E-state index contributed by atoms with van der Waals surface area (Å²) in [5.74, 6) is 1.08. The lowest BCUT2D eigenvalue weighted by atomic mass is 10.2. The summed E-state index contributed by atoms with van der Waals surface area (Å²) < 4.78 is 5.61. The van der Waals surface area contributed by atoms with E-state index in [2.05, 4.69) is 5.32 Å². The van der Waals surface area contributed by atoms with Gasteiger partial charge in [-0.05, 0) is 25.5 Å². The van der Waals surface area contributed by atoms with Crippen LogP contribution in [0.25, 0.3) is 0 Å². The molecule has 1 saturated heterocycles. The summed E-state index contributed by atoms with van der Waals surface area (Å²) in [4.78, 5) is 13.7. The van der Waals surface area contributed by atoms with Crippen LogP contribution in [0.1, 0.15) is 13.3 Å². The number of piperazine rings is 1. The van der Waals surface area contributed by atoms with Gasteiger partial charge in [-0.25, -0.2) is 0 Å². The Morgan fingerprint density at radius 2 is 2.17 bits per heavy atom. The quantitative estimate of drug-likeness (QED) is 0.798. The van der Waals surface area contributed by atoms with E-state index in [0.29, 0.717) is 6.61 Å². The molecule has 1 aliphatic heterocycles. The van der Waals surface area contributed by atoms with Gasteiger partial charge in [0.1, 0.15) is 5.75 Å². The molecule has 0 aromatic heterocycles. The number of carbonyl (C=O) groups is 1.